The summed E-state index contributed by atoms with van der Waals surface area (Å²) in [5.41, 5.74) is 0.769. The van der Waals surface area contributed by atoms with Crippen LogP contribution in [0, 0.1) is 0 Å². The first kappa shape index (κ1) is 17.0. The molecule has 0 bridgehead atoms. The summed E-state index contributed by atoms with van der Waals surface area (Å²) in [7, 11) is 3.13. The van der Waals surface area contributed by atoms with Gasteiger partial charge >= 0.3 is 0 Å². The lowest BCUT2D eigenvalue weighted by Crippen LogP contribution is -2.41. The van der Waals surface area contributed by atoms with Crippen LogP contribution in [0.2, 0.25) is 0 Å². The van der Waals surface area contributed by atoms with Crippen LogP contribution in [0.4, 0.5) is 0 Å². The zero-order chi connectivity index (χ0) is 17.6. The number of carbonyl (C=O) groups is 1. The van der Waals surface area contributed by atoms with E-state index in [9.17, 15) is 4.79 Å². The Balaban J connectivity index is 1.56. The van der Waals surface area contributed by atoms with E-state index in [1.807, 2.05) is 36.4 Å². The Morgan fingerprint density at radius 2 is 1.92 bits per heavy atom. The number of hydrogen-bond acceptors (Lipinski definition) is 5. The molecule has 6 heteroatoms. The molecule has 1 atom stereocenters. The molecule has 25 heavy (non-hydrogen) atoms. The third-order valence-corrected chi connectivity index (χ3v) is 3.93. The SMILES string of the molecule is COc1cccc(CC(=O)NC[C@@H]2COc3ccccc3O2)c1OC. The molecule has 2 aromatic carbocycles. The molecule has 2 aromatic rings. The zero-order valence-corrected chi connectivity index (χ0v) is 14.3. The Labute approximate surface area is 146 Å². The number of benzene rings is 2. The molecule has 132 valence electrons. The first-order valence-electron chi connectivity index (χ1n) is 8.06. The van der Waals surface area contributed by atoms with Crippen molar-refractivity contribution in [2.75, 3.05) is 27.4 Å². The first-order chi connectivity index (χ1) is 12.2. The highest BCUT2D eigenvalue weighted by atomic mass is 16.6. The lowest BCUT2D eigenvalue weighted by molar-refractivity contribution is -0.121. The van der Waals surface area contributed by atoms with Gasteiger partial charge in [0.2, 0.25) is 5.91 Å². The lowest BCUT2D eigenvalue weighted by atomic mass is 10.1. The molecule has 0 radical (unpaired) electrons. The maximum absolute atomic E-state index is 12.3. The number of amides is 1. The monoisotopic (exact) mass is 343 g/mol. The lowest BCUT2D eigenvalue weighted by Gasteiger charge is -2.26. The van der Waals surface area contributed by atoms with Crippen LogP contribution in [-0.4, -0.2) is 39.4 Å². The Bertz CT molecular complexity index is 746. The predicted molar refractivity (Wildman–Crippen MR) is 92.6 cm³/mol. The highest BCUT2D eigenvalue weighted by Crippen LogP contribution is 2.31. The number of ether oxygens (including phenoxy) is 4. The molecule has 3 rings (SSSR count). The number of para-hydroxylation sites is 3. The van der Waals surface area contributed by atoms with Gasteiger partial charge in [-0.05, 0) is 18.2 Å². The number of carbonyl (C=O) groups excluding carboxylic acids is 1. The maximum Gasteiger partial charge on any atom is 0.224 e. The molecule has 6 nitrogen and oxygen atoms in total. The number of rotatable bonds is 6. The number of hydrogen-bond donors (Lipinski definition) is 1. The van der Waals surface area contributed by atoms with E-state index in [0.29, 0.717) is 30.4 Å². The summed E-state index contributed by atoms with van der Waals surface area (Å²) in [6.45, 7) is 0.777. The smallest absolute Gasteiger partial charge is 0.224 e. The summed E-state index contributed by atoms with van der Waals surface area (Å²) in [5, 5.41) is 2.88. The van der Waals surface area contributed by atoms with Crippen LogP contribution in [0.3, 0.4) is 0 Å². The summed E-state index contributed by atoms with van der Waals surface area (Å²) in [5.74, 6) is 2.49. The van der Waals surface area contributed by atoms with Crippen molar-refractivity contribution in [1.29, 1.82) is 0 Å². The third-order valence-electron chi connectivity index (χ3n) is 3.93. The largest absolute Gasteiger partial charge is 0.493 e. The Kier molecular flexibility index (Phi) is 5.28. The molecule has 0 saturated heterocycles. The number of nitrogens with one attached hydrogen (secondary N) is 1. The van der Waals surface area contributed by atoms with Crippen LogP contribution >= 0.6 is 0 Å². The summed E-state index contributed by atoms with van der Waals surface area (Å²) in [6.07, 6.45) is -0.0177. The predicted octanol–water partition coefficient (Wildman–Crippen LogP) is 2.20. The van der Waals surface area contributed by atoms with Crippen molar-refractivity contribution in [1.82, 2.24) is 5.32 Å². The van der Waals surface area contributed by atoms with Gasteiger partial charge in [0, 0.05) is 5.56 Å². The van der Waals surface area contributed by atoms with Crippen molar-refractivity contribution < 1.29 is 23.7 Å². The Morgan fingerprint density at radius 1 is 1.12 bits per heavy atom. The Morgan fingerprint density at radius 3 is 2.68 bits per heavy atom. The van der Waals surface area contributed by atoms with Gasteiger partial charge in [-0.2, -0.15) is 0 Å². The van der Waals surface area contributed by atoms with Crippen molar-refractivity contribution >= 4 is 5.91 Å². The van der Waals surface area contributed by atoms with E-state index in [1.165, 1.54) is 0 Å². The highest BCUT2D eigenvalue weighted by Gasteiger charge is 2.21. The first-order valence-corrected chi connectivity index (χ1v) is 8.06. The zero-order valence-electron chi connectivity index (χ0n) is 14.3. The molecule has 0 unspecified atom stereocenters. The fraction of sp³-hybridized carbons (Fsp3) is 0.316. The van der Waals surface area contributed by atoms with E-state index < -0.39 is 0 Å². The van der Waals surface area contributed by atoms with E-state index in [-0.39, 0.29) is 18.4 Å². The Hall–Kier alpha value is -2.89. The van der Waals surface area contributed by atoms with Crippen molar-refractivity contribution in [3.05, 3.63) is 48.0 Å². The second-order valence-corrected chi connectivity index (χ2v) is 5.63. The molecule has 1 amide bonds. The average Bonchev–Trinajstić information content (AvgIpc) is 2.66. The van der Waals surface area contributed by atoms with Gasteiger partial charge in [-0.1, -0.05) is 24.3 Å². The van der Waals surface area contributed by atoms with Crippen molar-refractivity contribution in [2.24, 2.45) is 0 Å². The van der Waals surface area contributed by atoms with E-state index in [4.69, 9.17) is 18.9 Å². The quantitative estimate of drug-likeness (QED) is 0.871. The van der Waals surface area contributed by atoms with E-state index in [1.54, 1.807) is 20.3 Å². The number of methoxy groups -OCH3 is 2. The van der Waals surface area contributed by atoms with E-state index >= 15 is 0 Å². The van der Waals surface area contributed by atoms with Gasteiger partial charge < -0.3 is 24.3 Å². The molecular weight excluding hydrogens is 322 g/mol. The van der Waals surface area contributed by atoms with Crippen molar-refractivity contribution in [3.8, 4) is 23.0 Å². The van der Waals surface area contributed by atoms with Crippen LogP contribution in [0.1, 0.15) is 5.56 Å². The molecule has 1 heterocycles. The standard InChI is InChI=1S/C19H21NO5/c1-22-17-9-5-6-13(19(17)23-2)10-18(21)20-11-14-12-24-15-7-3-4-8-16(15)25-14/h3-9,14H,10-12H2,1-2H3,(H,20,21)/t14-/m1/s1. The molecule has 0 fully saturated rings. The molecule has 1 aliphatic rings. The fourth-order valence-corrected chi connectivity index (χ4v) is 2.72. The molecule has 0 aliphatic carbocycles. The van der Waals surface area contributed by atoms with Crippen LogP contribution < -0.4 is 24.3 Å². The maximum atomic E-state index is 12.3. The van der Waals surface area contributed by atoms with E-state index in [0.717, 1.165) is 11.3 Å². The molecule has 0 aromatic heterocycles. The highest BCUT2D eigenvalue weighted by molar-refractivity contribution is 5.79. The van der Waals surface area contributed by atoms with Gasteiger partial charge in [-0.15, -0.1) is 0 Å². The van der Waals surface area contributed by atoms with Crippen LogP contribution in [0.25, 0.3) is 0 Å². The van der Waals surface area contributed by atoms with Gasteiger partial charge in [-0.3, -0.25) is 4.79 Å². The van der Waals surface area contributed by atoms with Gasteiger partial charge in [-0.25, -0.2) is 0 Å². The van der Waals surface area contributed by atoms with Gasteiger partial charge in [0.05, 0.1) is 27.2 Å². The molecule has 1 aliphatic heterocycles. The van der Waals surface area contributed by atoms with Crippen LogP contribution in [-0.2, 0) is 11.2 Å². The van der Waals surface area contributed by atoms with E-state index in [2.05, 4.69) is 5.32 Å². The minimum Gasteiger partial charge on any atom is -0.493 e. The summed E-state index contributed by atoms with van der Waals surface area (Å²) in [4.78, 5) is 12.3. The minimum absolute atomic E-state index is 0.117. The summed E-state index contributed by atoms with van der Waals surface area (Å²) < 4.78 is 22.1. The average molecular weight is 343 g/mol. The van der Waals surface area contributed by atoms with Crippen LogP contribution in [0.5, 0.6) is 23.0 Å². The van der Waals surface area contributed by atoms with Crippen molar-refractivity contribution in [2.45, 2.75) is 12.5 Å². The van der Waals surface area contributed by atoms with Gasteiger partial charge in [0.15, 0.2) is 23.0 Å². The number of fused-ring (bicyclic) bond motifs is 1. The second kappa shape index (κ2) is 7.79. The van der Waals surface area contributed by atoms with Crippen molar-refractivity contribution in [3.63, 3.8) is 0 Å². The van der Waals surface area contributed by atoms with Crippen LogP contribution in [0.15, 0.2) is 42.5 Å². The molecular formula is C19H21NO5. The topological polar surface area (TPSA) is 66.0 Å². The minimum atomic E-state index is -0.217. The summed E-state index contributed by atoms with van der Waals surface area (Å²) >= 11 is 0. The molecule has 0 saturated carbocycles. The molecule has 0 spiro atoms. The third kappa shape index (κ3) is 3.96. The molecule has 1 N–H and O–H groups in total. The normalized spacial score (nSPS) is 15.4. The van der Waals surface area contributed by atoms with Gasteiger partial charge in [0.25, 0.3) is 0 Å². The fourth-order valence-electron chi connectivity index (χ4n) is 2.72. The summed E-state index contributed by atoms with van der Waals surface area (Å²) in [6, 6.07) is 13.0. The second-order valence-electron chi connectivity index (χ2n) is 5.63. The van der Waals surface area contributed by atoms with Gasteiger partial charge in [0.1, 0.15) is 12.7 Å².